The van der Waals surface area contributed by atoms with Crippen LogP contribution in [0, 0.1) is 0 Å². The van der Waals surface area contributed by atoms with Gasteiger partial charge in [-0.15, -0.1) is 0 Å². The minimum Gasteiger partial charge on any atom is -0.497 e. The average Bonchev–Trinajstić information content (AvgIpc) is 3.27. The third-order valence-corrected chi connectivity index (χ3v) is 4.63. The van der Waals surface area contributed by atoms with E-state index in [9.17, 15) is 9.59 Å². The van der Waals surface area contributed by atoms with Gasteiger partial charge in [0, 0.05) is 18.7 Å². The smallest absolute Gasteiger partial charge is 0.309 e. The third-order valence-electron chi connectivity index (χ3n) is 4.63. The van der Waals surface area contributed by atoms with Crippen molar-refractivity contribution in [1.82, 2.24) is 4.90 Å². The number of rotatable bonds is 8. The standard InChI is InChI=1S/C22H25NO5/c1-26-19-8-10-20(11-9-19)27-15-12-21(24)28-16-17-4-6-18(7-5-17)22(25)23-13-2-3-14-23/h4-11H,2-3,12-16H2,1H3. The molecule has 6 heteroatoms. The highest BCUT2D eigenvalue weighted by Gasteiger charge is 2.19. The maximum absolute atomic E-state index is 12.3. The van der Waals surface area contributed by atoms with Crippen LogP contribution in [0.1, 0.15) is 35.2 Å². The molecule has 1 heterocycles. The summed E-state index contributed by atoms with van der Waals surface area (Å²) in [6.07, 6.45) is 2.31. The van der Waals surface area contributed by atoms with Crippen LogP contribution >= 0.6 is 0 Å². The Morgan fingerprint density at radius 2 is 1.57 bits per heavy atom. The van der Waals surface area contributed by atoms with Gasteiger partial charge < -0.3 is 19.1 Å². The molecule has 2 aromatic rings. The van der Waals surface area contributed by atoms with E-state index in [1.54, 1.807) is 43.5 Å². The van der Waals surface area contributed by atoms with Crippen LogP contribution in [-0.2, 0) is 16.1 Å². The summed E-state index contributed by atoms with van der Waals surface area (Å²) in [5.41, 5.74) is 1.52. The molecule has 0 aliphatic carbocycles. The zero-order valence-electron chi connectivity index (χ0n) is 16.1. The number of amides is 1. The van der Waals surface area contributed by atoms with Crippen molar-refractivity contribution in [2.45, 2.75) is 25.9 Å². The van der Waals surface area contributed by atoms with E-state index in [0.717, 1.165) is 37.2 Å². The topological polar surface area (TPSA) is 65.1 Å². The number of nitrogens with zero attached hydrogens (tertiary/aromatic N) is 1. The van der Waals surface area contributed by atoms with Crippen molar-refractivity contribution >= 4 is 11.9 Å². The second-order valence-electron chi connectivity index (χ2n) is 6.63. The van der Waals surface area contributed by atoms with Gasteiger partial charge in [0.25, 0.3) is 5.91 Å². The van der Waals surface area contributed by atoms with E-state index in [0.29, 0.717) is 11.3 Å². The minimum atomic E-state index is -0.328. The summed E-state index contributed by atoms with van der Waals surface area (Å²) < 4.78 is 15.9. The van der Waals surface area contributed by atoms with Crippen molar-refractivity contribution in [3.05, 3.63) is 59.7 Å². The number of hydrogen-bond acceptors (Lipinski definition) is 5. The van der Waals surface area contributed by atoms with Crippen LogP contribution in [0.15, 0.2) is 48.5 Å². The molecule has 0 aromatic heterocycles. The molecule has 0 radical (unpaired) electrons. The van der Waals surface area contributed by atoms with Crippen LogP contribution < -0.4 is 9.47 Å². The van der Waals surface area contributed by atoms with Gasteiger partial charge >= 0.3 is 5.97 Å². The highest BCUT2D eigenvalue weighted by molar-refractivity contribution is 5.94. The van der Waals surface area contributed by atoms with Crippen LogP contribution in [0.3, 0.4) is 0 Å². The Morgan fingerprint density at radius 1 is 0.929 bits per heavy atom. The molecular formula is C22H25NO5. The van der Waals surface area contributed by atoms with Crippen LogP contribution in [-0.4, -0.2) is 43.6 Å². The lowest BCUT2D eigenvalue weighted by Gasteiger charge is -2.15. The molecule has 1 saturated heterocycles. The lowest BCUT2D eigenvalue weighted by atomic mass is 10.1. The van der Waals surface area contributed by atoms with Crippen molar-refractivity contribution in [3.63, 3.8) is 0 Å². The van der Waals surface area contributed by atoms with E-state index < -0.39 is 0 Å². The number of methoxy groups -OCH3 is 1. The number of ether oxygens (including phenoxy) is 3. The number of hydrogen-bond donors (Lipinski definition) is 0. The van der Waals surface area contributed by atoms with E-state index in [-0.39, 0.29) is 31.5 Å². The van der Waals surface area contributed by atoms with Gasteiger partial charge in [0.15, 0.2) is 0 Å². The second-order valence-corrected chi connectivity index (χ2v) is 6.63. The van der Waals surface area contributed by atoms with E-state index in [2.05, 4.69) is 0 Å². The fourth-order valence-corrected chi connectivity index (χ4v) is 3.01. The largest absolute Gasteiger partial charge is 0.497 e. The molecule has 0 unspecified atom stereocenters. The van der Waals surface area contributed by atoms with Gasteiger partial charge in [-0.05, 0) is 54.8 Å². The molecule has 3 rings (SSSR count). The SMILES string of the molecule is COc1ccc(OCCC(=O)OCc2ccc(C(=O)N3CCCC3)cc2)cc1. The highest BCUT2D eigenvalue weighted by atomic mass is 16.5. The molecule has 0 spiro atoms. The maximum Gasteiger partial charge on any atom is 0.309 e. The average molecular weight is 383 g/mol. The number of carbonyl (C=O) groups excluding carboxylic acids is 2. The Hall–Kier alpha value is -3.02. The first-order chi connectivity index (χ1) is 13.7. The summed E-state index contributed by atoms with van der Waals surface area (Å²) in [5.74, 6) is 1.16. The molecular weight excluding hydrogens is 358 g/mol. The number of carbonyl (C=O) groups is 2. The van der Waals surface area contributed by atoms with Crippen molar-refractivity contribution in [3.8, 4) is 11.5 Å². The normalized spacial score (nSPS) is 13.2. The zero-order chi connectivity index (χ0) is 19.8. The van der Waals surface area contributed by atoms with Gasteiger partial charge in [0.05, 0.1) is 20.1 Å². The molecule has 28 heavy (non-hydrogen) atoms. The zero-order valence-corrected chi connectivity index (χ0v) is 16.1. The molecule has 2 aromatic carbocycles. The quantitative estimate of drug-likeness (QED) is 0.654. The summed E-state index contributed by atoms with van der Waals surface area (Å²) in [5, 5.41) is 0. The monoisotopic (exact) mass is 383 g/mol. The van der Waals surface area contributed by atoms with Crippen LogP contribution in [0.2, 0.25) is 0 Å². The van der Waals surface area contributed by atoms with Gasteiger partial charge in [-0.25, -0.2) is 0 Å². The first kappa shape index (κ1) is 19.7. The molecule has 0 N–H and O–H groups in total. The second kappa shape index (κ2) is 9.78. The van der Waals surface area contributed by atoms with Crippen LogP contribution in [0.5, 0.6) is 11.5 Å². The molecule has 1 amide bonds. The lowest BCUT2D eigenvalue weighted by Crippen LogP contribution is -2.27. The van der Waals surface area contributed by atoms with Gasteiger partial charge in [-0.3, -0.25) is 9.59 Å². The fraction of sp³-hybridized carbons (Fsp3) is 0.364. The number of esters is 1. The first-order valence-corrected chi connectivity index (χ1v) is 9.46. The van der Waals surface area contributed by atoms with E-state index in [1.807, 2.05) is 17.0 Å². The van der Waals surface area contributed by atoms with Crippen molar-refractivity contribution < 1.29 is 23.8 Å². The lowest BCUT2D eigenvalue weighted by molar-refractivity contribution is -0.145. The summed E-state index contributed by atoms with van der Waals surface area (Å²) >= 11 is 0. The Balaban J connectivity index is 1.38. The molecule has 0 atom stereocenters. The van der Waals surface area contributed by atoms with Gasteiger partial charge in [0.2, 0.25) is 0 Å². The predicted octanol–water partition coefficient (Wildman–Crippen LogP) is 3.44. The van der Waals surface area contributed by atoms with E-state index in [1.165, 1.54) is 0 Å². The van der Waals surface area contributed by atoms with Gasteiger partial charge in [0.1, 0.15) is 18.1 Å². The highest BCUT2D eigenvalue weighted by Crippen LogP contribution is 2.17. The van der Waals surface area contributed by atoms with Crippen LogP contribution in [0.4, 0.5) is 0 Å². The summed E-state index contributed by atoms with van der Waals surface area (Å²) in [7, 11) is 1.60. The van der Waals surface area contributed by atoms with E-state index in [4.69, 9.17) is 14.2 Å². The molecule has 1 aliphatic heterocycles. The fourth-order valence-electron chi connectivity index (χ4n) is 3.01. The van der Waals surface area contributed by atoms with Gasteiger partial charge in [-0.2, -0.15) is 0 Å². The number of likely N-dealkylation sites (tertiary alicyclic amines) is 1. The van der Waals surface area contributed by atoms with Crippen molar-refractivity contribution in [2.75, 3.05) is 26.8 Å². The van der Waals surface area contributed by atoms with Crippen LogP contribution in [0.25, 0.3) is 0 Å². The Labute approximate surface area is 165 Å². The molecule has 1 aliphatic rings. The van der Waals surface area contributed by atoms with E-state index >= 15 is 0 Å². The summed E-state index contributed by atoms with van der Waals surface area (Å²) in [6.45, 7) is 2.08. The Bertz CT molecular complexity index is 780. The Morgan fingerprint density at radius 3 is 2.21 bits per heavy atom. The van der Waals surface area contributed by atoms with Crippen molar-refractivity contribution in [1.29, 1.82) is 0 Å². The summed E-state index contributed by atoms with van der Waals surface area (Å²) in [6, 6.07) is 14.4. The number of benzene rings is 2. The van der Waals surface area contributed by atoms with Crippen molar-refractivity contribution in [2.24, 2.45) is 0 Å². The minimum absolute atomic E-state index is 0.0664. The molecule has 0 bridgehead atoms. The molecule has 0 saturated carbocycles. The predicted molar refractivity (Wildman–Crippen MR) is 104 cm³/mol. The summed E-state index contributed by atoms with van der Waals surface area (Å²) in [4.78, 5) is 26.1. The maximum atomic E-state index is 12.3. The molecule has 148 valence electrons. The Kier molecular flexibility index (Phi) is 6.89. The first-order valence-electron chi connectivity index (χ1n) is 9.46. The molecule has 1 fully saturated rings. The third kappa shape index (κ3) is 5.49. The van der Waals surface area contributed by atoms with Gasteiger partial charge in [-0.1, -0.05) is 12.1 Å². The molecule has 6 nitrogen and oxygen atoms in total.